The Bertz CT molecular complexity index is 582. The summed E-state index contributed by atoms with van der Waals surface area (Å²) in [6.07, 6.45) is 0. The SMILES string of the molecule is Cc1nc(CN(C)C(CN)c2ccc(C)c(Br)c2)cs1. The smallest absolute Gasteiger partial charge is 0.0897 e. The minimum Gasteiger partial charge on any atom is -0.329 e. The average Bonchev–Trinajstić information content (AvgIpc) is 2.80. The number of aromatic nitrogens is 1. The predicted molar refractivity (Wildman–Crippen MR) is 89.0 cm³/mol. The van der Waals surface area contributed by atoms with Gasteiger partial charge in [0.05, 0.1) is 10.7 Å². The van der Waals surface area contributed by atoms with Crippen LogP contribution in [0.4, 0.5) is 0 Å². The van der Waals surface area contributed by atoms with Gasteiger partial charge in [0.2, 0.25) is 0 Å². The summed E-state index contributed by atoms with van der Waals surface area (Å²) in [4.78, 5) is 6.78. The van der Waals surface area contributed by atoms with E-state index in [2.05, 4.69) is 63.4 Å². The fourth-order valence-corrected chi connectivity index (χ4v) is 3.23. The highest BCUT2D eigenvalue weighted by Crippen LogP contribution is 2.25. The maximum Gasteiger partial charge on any atom is 0.0897 e. The highest BCUT2D eigenvalue weighted by Gasteiger charge is 2.17. The fourth-order valence-electron chi connectivity index (χ4n) is 2.23. The minimum atomic E-state index is 0.203. The third-order valence-electron chi connectivity index (χ3n) is 3.41. The maximum atomic E-state index is 5.98. The van der Waals surface area contributed by atoms with Crippen LogP contribution in [0.15, 0.2) is 28.1 Å². The lowest BCUT2D eigenvalue weighted by molar-refractivity contribution is 0.239. The first-order valence-electron chi connectivity index (χ1n) is 6.58. The lowest BCUT2D eigenvalue weighted by atomic mass is 10.0. The minimum absolute atomic E-state index is 0.203. The molecule has 0 spiro atoms. The molecule has 0 saturated heterocycles. The van der Waals surface area contributed by atoms with Gasteiger partial charge >= 0.3 is 0 Å². The van der Waals surface area contributed by atoms with E-state index < -0.39 is 0 Å². The second-order valence-electron chi connectivity index (χ2n) is 5.03. The van der Waals surface area contributed by atoms with Crippen molar-refractivity contribution in [3.8, 4) is 0 Å². The number of nitrogens with zero attached hydrogens (tertiary/aromatic N) is 2. The maximum absolute atomic E-state index is 5.98. The number of rotatable bonds is 5. The van der Waals surface area contributed by atoms with E-state index in [4.69, 9.17) is 5.73 Å². The molecule has 0 saturated carbocycles. The van der Waals surface area contributed by atoms with Crippen LogP contribution >= 0.6 is 27.3 Å². The molecule has 5 heteroatoms. The number of halogens is 1. The summed E-state index contributed by atoms with van der Waals surface area (Å²) in [5.74, 6) is 0. The lowest BCUT2D eigenvalue weighted by Gasteiger charge is -2.27. The fraction of sp³-hybridized carbons (Fsp3) is 0.400. The van der Waals surface area contributed by atoms with Crippen LogP contribution in [0.5, 0.6) is 0 Å². The van der Waals surface area contributed by atoms with Gasteiger partial charge in [-0.05, 0) is 38.1 Å². The van der Waals surface area contributed by atoms with E-state index in [0.29, 0.717) is 6.54 Å². The number of likely N-dealkylation sites (N-methyl/N-ethyl adjacent to an activating group) is 1. The molecule has 108 valence electrons. The molecule has 0 amide bonds. The molecule has 0 aliphatic rings. The molecule has 20 heavy (non-hydrogen) atoms. The number of nitrogens with two attached hydrogens (primary N) is 1. The summed E-state index contributed by atoms with van der Waals surface area (Å²) in [6.45, 7) is 5.53. The molecule has 0 bridgehead atoms. The third kappa shape index (κ3) is 3.67. The van der Waals surface area contributed by atoms with Gasteiger partial charge in [0, 0.05) is 29.0 Å². The largest absolute Gasteiger partial charge is 0.329 e. The number of benzene rings is 1. The summed E-state index contributed by atoms with van der Waals surface area (Å²) >= 11 is 5.28. The van der Waals surface area contributed by atoms with Crippen LogP contribution in [0.25, 0.3) is 0 Å². The van der Waals surface area contributed by atoms with E-state index in [0.717, 1.165) is 21.7 Å². The van der Waals surface area contributed by atoms with Crippen molar-refractivity contribution in [2.24, 2.45) is 5.73 Å². The van der Waals surface area contributed by atoms with E-state index in [-0.39, 0.29) is 6.04 Å². The number of hydrogen-bond acceptors (Lipinski definition) is 4. The van der Waals surface area contributed by atoms with E-state index in [1.54, 1.807) is 11.3 Å². The van der Waals surface area contributed by atoms with Crippen molar-refractivity contribution in [1.29, 1.82) is 0 Å². The van der Waals surface area contributed by atoms with Crippen molar-refractivity contribution < 1.29 is 0 Å². The third-order valence-corrected chi connectivity index (χ3v) is 5.09. The average molecular weight is 354 g/mol. The van der Waals surface area contributed by atoms with Gasteiger partial charge in [0.25, 0.3) is 0 Å². The van der Waals surface area contributed by atoms with Crippen LogP contribution in [0.3, 0.4) is 0 Å². The molecule has 2 rings (SSSR count). The highest BCUT2D eigenvalue weighted by atomic mass is 79.9. The van der Waals surface area contributed by atoms with Crippen LogP contribution in [0.1, 0.15) is 27.9 Å². The molecule has 0 fully saturated rings. The van der Waals surface area contributed by atoms with E-state index in [1.165, 1.54) is 11.1 Å². The van der Waals surface area contributed by atoms with Gasteiger partial charge in [-0.3, -0.25) is 4.90 Å². The molecule has 0 radical (unpaired) electrons. The summed E-state index contributed by atoms with van der Waals surface area (Å²) in [5.41, 5.74) is 9.56. The highest BCUT2D eigenvalue weighted by molar-refractivity contribution is 9.10. The Hall–Kier alpha value is -0.750. The Kier molecular flexibility index (Phi) is 5.32. The van der Waals surface area contributed by atoms with Crippen LogP contribution < -0.4 is 5.73 Å². The molecular formula is C15H20BrN3S. The molecule has 2 aromatic rings. The van der Waals surface area contributed by atoms with Gasteiger partial charge in [-0.2, -0.15) is 0 Å². The summed E-state index contributed by atoms with van der Waals surface area (Å²) in [6, 6.07) is 6.65. The zero-order valence-electron chi connectivity index (χ0n) is 12.1. The Labute approximate surface area is 133 Å². The van der Waals surface area contributed by atoms with Crippen molar-refractivity contribution in [3.63, 3.8) is 0 Å². The van der Waals surface area contributed by atoms with Crippen molar-refractivity contribution in [2.75, 3.05) is 13.6 Å². The monoisotopic (exact) mass is 353 g/mol. The van der Waals surface area contributed by atoms with Gasteiger partial charge in [0.15, 0.2) is 0 Å². The van der Waals surface area contributed by atoms with Gasteiger partial charge in [-0.1, -0.05) is 28.1 Å². The Morgan fingerprint density at radius 2 is 2.15 bits per heavy atom. The number of hydrogen-bond donors (Lipinski definition) is 1. The number of thiazole rings is 1. The predicted octanol–water partition coefficient (Wildman–Crippen LogP) is 3.65. The zero-order chi connectivity index (χ0) is 14.7. The Morgan fingerprint density at radius 1 is 1.40 bits per heavy atom. The van der Waals surface area contributed by atoms with Gasteiger partial charge < -0.3 is 5.73 Å². The second-order valence-corrected chi connectivity index (χ2v) is 6.95. The topological polar surface area (TPSA) is 42.2 Å². The molecule has 1 aromatic carbocycles. The lowest BCUT2D eigenvalue weighted by Crippen LogP contribution is -2.30. The van der Waals surface area contributed by atoms with Gasteiger partial charge in [-0.25, -0.2) is 4.98 Å². The van der Waals surface area contributed by atoms with Gasteiger partial charge in [-0.15, -0.1) is 11.3 Å². The molecule has 2 N–H and O–H groups in total. The summed E-state index contributed by atoms with van der Waals surface area (Å²) in [7, 11) is 2.10. The molecule has 0 aliphatic carbocycles. The first-order chi connectivity index (χ1) is 9.51. The molecule has 1 unspecified atom stereocenters. The van der Waals surface area contributed by atoms with Crippen LogP contribution in [0, 0.1) is 13.8 Å². The van der Waals surface area contributed by atoms with E-state index in [1.807, 2.05) is 6.92 Å². The van der Waals surface area contributed by atoms with Crippen molar-refractivity contribution >= 4 is 27.3 Å². The normalized spacial score (nSPS) is 12.9. The first-order valence-corrected chi connectivity index (χ1v) is 8.26. The first kappa shape index (κ1) is 15.6. The molecule has 0 aliphatic heterocycles. The number of aryl methyl sites for hydroxylation is 2. The standard InChI is InChI=1S/C15H20BrN3S/c1-10-4-5-12(6-14(10)16)15(7-17)19(3)8-13-9-20-11(2)18-13/h4-6,9,15H,7-8,17H2,1-3H3. The molecular weight excluding hydrogens is 334 g/mol. The summed E-state index contributed by atoms with van der Waals surface area (Å²) < 4.78 is 1.13. The van der Waals surface area contributed by atoms with E-state index >= 15 is 0 Å². The Morgan fingerprint density at radius 3 is 2.70 bits per heavy atom. The van der Waals surface area contributed by atoms with Crippen molar-refractivity contribution in [1.82, 2.24) is 9.88 Å². The van der Waals surface area contributed by atoms with Crippen molar-refractivity contribution in [2.45, 2.75) is 26.4 Å². The molecule has 1 aromatic heterocycles. The van der Waals surface area contributed by atoms with Crippen LogP contribution in [-0.4, -0.2) is 23.5 Å². The van der Waals surface area contributed by atoms with E-state index in [9.17, 15) is 0 Å². The van der Waals surface area contributed by atoms with Crippen LogP contribution in [0.2, 0.25) is 0 Å². The molecule has 1 atom stereocenters. The van der Waals surface area contributed by atoms with Crippen molar-refractivity contribution in [3.05, 3.63) is 49.9 Å². The molecule has 3 nitrogen and oxygen atoms in total. The Balaban J connectivity index is 2.16. The quantitative estimate of drug-likeness (QED) is 0.891. The summed E-state index contributed by atoms with van der Waals surface area (Å²) in [5, 5.41) is 3.22. The molecule has 1 heterocycles. The van der Waals surface area contributed by atoms with Crippen LogP contribution in [-0.2, 0) is 6.54 Å². The second kappa shape index (κ2) is 6.80. The van der Waals surface area contributed by atoms with Gasteiger partial charge in [0.1, 0.15) is 0 Å². The zero-order valence-corrected chi connectivity index (χ0v) is 14.5.